The van der Waals surface area contributed by atoms with Crippen molar-refractivity contribution < 1.29 is 31.5 Å². The molecule has 1 heterocycles. The zero-order chi connectivity index (χ0) is 21.5. The molecule has 2 aromatic carbocycles. The predicted molar refractivity (Wildman–Crippen MR) is 95.4 cm³/mol. The lowest BCUT2D eigenvalue weighted by Gasteiger charge is -2.20. The third-order valence-corrected chi connectivity index (χ3v) is 4.64. The fourth-order valence-electron chi connectivity index (χ4n) is 3.24. The number of ether oxygens (including phenoxy) is 1. The maximum Gasteiger partial charge on any atom is 0.421 e. The smallest absolute Gasteiger partial charge is 0.421 e. The topological polar surface area (TPSA) is 70.1 Å². The first-order chi connectivity index (χ1) is 13.6. The van der Waals surface area contributed by atoms with E-state index < -0.39 is 46.5 Å². The summed E-state index contributed by atoms with van der Waals surface area (Å²) in [5, 5.41) is 4.23. The second-order valence-electron chi connectivity index (χ2n) is 6.31. The van der Waals surface area contributed by atoms with Gasteiger partial charge in [-0.05, 0) is 24.6 Å². The lowest BCUT2D eigenvalue weighted by atomic mass is 9.93. The molecular formula is C19H16F5N3O2. The van der Waals surface area contributed by atoms with Crippen molar-refractivity contribution in [2.45, 2.75) is 25.4 Å². The summed E-state index contributed by atoms with van der Waals surface area (Å²) in [6.45, 7) is 1.50. The van der Waals surface area contributed by atoms with Gasteiger partial charge in [0.1, 0.15) is 5.56 Å². The first-order valence-corrected chi connectivity index (χ1v) is 8.51. The van der Waals surface area contributed by atoms with Crippen LogP contribution in [-0.4, -0.2) is 22.9 Å². The standard InChI is InChI=1S/C19H16F5N3O2/c1-3-9(18(28)29-2)10-7-14(15(19(22,23)24)17(21)16(10)20)27-13-6-4-5-12(25)11(13)8-26-27/h4-9H,3,25H2,1-2H3. The molecule has 3 rings (SSSR count). The first-order valence-electron chi connectivity index (χ1n) is 8.51. The summed E-state index contributed by atoms with van der Waals surface area (Å²) in [4.78, 5) is 12.0. The SMILES string of the molecule is CCC(C(=O)OC)c1cc(-n2ncc3c(N)cccc32)c(C(F)(F)F)c(F)c1F. The summed E-state index contributed by atoms with van der Waals surface area (Å²) >= 11 is 0. The van der Waals surface area contributed by atoms with E-state index in [-0.39, 0.29) is 17.6 Å². The highest BCUT2D eigenvalue weighted by molar-refractivity contribution is 5.91. The normalized spacial score (nSPS) is 12.9. The van der Waals surface area contributed by atoms with Crippen molar-refractivity contribution >= 4 is 22.6 Å². The Bertz CT molecular complexity index is 1090. The highest BCUT2D eigenvalue weighted by Gasteiger charge is 2.41. The van der Waals surface area contributed by atoms with Crippen molar-refractivity contribution in [3.05, 3.63) is 53.2 Å². The van der Waals surface area contributed by atoms with E-state index in [0.717, 1.165) is 17.9 Å². The van der Waals surface area contributed by atoms with E-state index in [1.165, 1.54) is 31.3 Å². The Morgan fingerprint density at radius 3 is 2.55 bits per heavy atom. The maximum atomic E-state index is 14.6. The van der Waals surface area contributed by atoms with Crippen LogP contribution in [0, 0.1) is 11.6 Å². The number of esters is 1. The number of alkyl halides is 3. The van der Waals surface area contributed by atoms with E-state index in [9.17, 15) is 26.7 Å². The maximum absolute atomic E-state index is 14.6. The number of nitrogens with two attached hydrogens (primary N) is 1. The largest absolute Gasteiger partial charge is 0.469 e. The van der Waals surface area contributed by atoms with Gasteiger partial charge >= 0.3 is 12.1 Å². The molecule has 1 unspecified atom stereocenters. The summed E-state index contributed by atoms with van der Waals surface area (Å²) < 4.78 is 75.5. The van der Waals surface area contributed by atoms with Crippen molar-refractivity contribution in [2.75, 3.05) is 12.8 Å². The first kappa shape index (κ1) is 20.6. The fraction of sp³-hybridized carbons (Fsp3) is 0.263. The van der Waals surface area contributed by atoms with Crippen LogP contribution in [0.15, 0.2) is 30.5 Å². The Morgan fingerprint density at radius 2 is 1.97 bits per heavy atom. The minimum atomic E-state index is -5.22. The van der Waals surface area contributed by atoms with Gasteiger partial charge in [-0.15, -0.1) is 0 Å². The van der Waals surface area contributed by atoms with Crippen molar-refractivity contribution in [1.29, 1.82) is 0 Å². The molecule has 2 N–H and O–H groups in total. The summed E-state index contributed by atoms with van der Waals surface area (Å²) in [7, 11) is 1.05. The van der Waals surface area contributed by atoms with Crippen molar-refractivity contribution in [2.24, 2.45) is 0 Å². The van der Waals surface area contributed by atoms with Crippen LogP contribution < -0.4 is 5.73 Å². The van der Waals surface area contributed by atoms with Crippen LogP contribution >= 0.6 is 0 Å². The predicted octanol–water partition coefficient (Wildman–Crippen LogP) is 4.57. The molecule has 29 heavy (non-hydrogen) atoms. The van der Waals surface area contributed by atoms with Crippen LogP contribution in [0.1, 0.15) is 30.4 Å². The van der Waals surface area contributed by atoms with Gasteiger partial charge in [-0.1, -0.05) is 13.0 Å². The molecule has 0 spiro atoms. The summed E-state index contributed by atoms with van der Waals surface area (Å²) in [5.74, 6) is -6.05. The van der Waals surface area contributed by atoms with Crippen molar-refractivity contribution in [1.82, 2.24) is 9.78 Å². The van der Waals surface area contributed by atoms with Crippen LogP contribution in [-0.2, 0) is 15.7 Å². The number of rotatable bonds is 4. The molecule has 154 valence electrons. The van der Waals surface area contributed by atoms with Crippen LogP contribution in [0.3, 0.4) is 0 Å². The van der Waals surface area contributed by atoms with Gasteiger partial charge in [0.15, 0.2) is 11.6 Å². The molecule has 0 aliphatic heterocycles. The highest BCUT2D eigenvalue weighted by Crippen LogP contribution is 2.40. The molecule has 0 saturated heterocycles. The second-order valence-corrected chi connectivity index (χ2v) is 6.31. The Hall–Kier alpha value is -3.17. The molecule has 3 aromatic rings. The summed E-state index contributed by atoms with van der Waals surface area (Å²) in [6, 6.07) is 5.24. The molecule has 0 aliphatic rings. The molecule has 0 aliphatic carbocycles. The Labute approximate surface area is 161 Å². The van der Waals surface area contributed by atoms with Crippen molar-refractivity contribution in [3.8, 4) is 5.69 Å². The van der Waals surface area contributed by atoms with E-state index in [1.54, 1.807) is 0 Å². The molecule has 0 fully saturated rings. The number of fused-ring (bicyclic) bond motifs is 1. The number of nitrogens with zero attached hydrogens (tertiary/aromatic N) is 2. The quantitative estimate of drug-likeness (QED) is 0.386. The van der Waals surface area contributed by atoms with E-state index in [0.29, 0.717) is 5.39 Å². The molecular weight excluding hydrogens is 397 g/mol. The number of benzene rings is 2. The van der Waals surface area contributed by atoms with Gasteiger partial charge in [-0.2, -0.15) is 18.3 Å². The fourth-order valence-corrected chi connectivity index (χ4v) is 3.24. The molecule has 0 bridgehead atoms. The van der Waals surface area contributed by atoms with E-state index >= 15 is 0 Å². The van der Waals surface area contributed by atoms with Gasteiger partial charge in [0.25, 0.3) is 0 Å². The Morgan fingerprint density at radius 1 is 1.28 bits per heavy atom. The monoisotopic (exact) mass is 413 g/mol. The van der Waals surface area contributed by atoms with Gasteiger partial charge in [-0.3, -0.25) is 4.79 Å². The molecule has 0 radical (unpaired) electrons. The zero-order valence-corrected chi connectivity index (χ0v) is 15.3. The number of nitrogen functional groups attached to an aromatic ring is 1. The number of anilines is 1. The van der Waals surface area contributed by atoms with Crippen LogP contribution in [0.25, 0.3) is 16.6 Å². The number of carbonyl (C=O) groups is 1. The summed E-state index contributed by atoms with van der Waals surface area (Å²) in [6.07, 6.45) is -4.01. The average molecular weight is 413 g/mol. The number of methoxy groups -OCH3 is 1. The number of carbonyl (C=O) groups excluding carboxylic acids is 1. The minimum Gasteiger partial charge on any atom is -0.469 e. The molecule has 1 aromatic heterocycles. The molecule has 0 saturated carbocycles. The van der Waals surface area contributed by atoms with Gasteiger partial charge in [0, 0.05) is 16.6 Å². The number of hydrogen-bond donors (Lipinski definition) is 1. The zero-order valence-electron chi connectivity index (χ0n) is 15.3. The molecule has 5 nitrogen and oxygen atoms in total. The van der Waals surface area contributed by atoms with E-state index in [4.69, 9.17) is 5.73 Å². The molecule has 0 amide bonds. The number of aromatic nitrogens is 2. The van der Waals surface area contributed by atoms with E-state index in [1.807, 2.05) is 0 Å². The number of hydrogen-bond acceptors (Lipinski definition) is 4. The van der Waals surface area contributed by atoms with Gasteiger partial charge < -0.3 is 10.5 Å². The summed E-state index contributed by atoms with van der Waals surface area (Å²) in [5.41, 5.74) is 3.10. The third-order valence-electron chi connectivity index (χ3n) is 4.64. The Kier molecular flexibility index (Phi) is 5.20. The Balaban J connectivity index is 2.40. The highest BCUT2D eigenvalue weighted by atomic mass is 19.4. The van der Waals surface area contributed by atoms with Gasteiger partial charge in [-0.25, -0.2) is 13.5 Å². The third kappa shape index (κ3) is 3.39. The molecule has 1 atom stereocenters. The van der Waals surface area contributed by atoms with Crippen LogP contribution in [0.4, 0.5) is 27.6 Å². The average Bonchev–Trinajstić information content (AvgIpc) is 3.09. The van der Waals surface area contributed by atoms with E-state index in [2.05, 4.69) is 9.84 Å². The van der Waals surface area contributed by atoms with Crippen LogP contribution in [0.2, 0.25) is 0 Å². The van der Waals surface area contributed by atoms with Crippen molar-refractivity contribution in [3.63, 3.8) is 0 Å². The number of halogens is 5. The second kappa shape index (κ2) is 7.34. The van der Waals surface area contributed by atoms with Crippen LogP contribution in [0.5, 0.6) is 0 Å². The minimum absolute atomic E-state index is 0.0133. The van der Waals surface area contributed by atoms with Gasteiger partial charge in [0.2, 0.25) is 0 Å². The molecule has 10 heteroatoms. The lowest BCUT2D eigenvalue weighted by Crippen LogP contribution is -2.21. The van der Waals surface area contributed by atoms with Gasteiger partial charge in [0.05, 0.1) is 30.4 Å². The lowest BCUT2D eigenvalue weighted by molar-refractivity contribution is -0.142.